The third kappa shape index (κ3) is 3.20. The van der Waals surface area contributed by atoms with Crippen molar-refractivity contribution < 1.29 is 9.84 Å². The molecule has 4 heteroatoms. The summed E-state index contributed by atoms with van der Waals surface area (Å²) in [6.07, 6.45) is 10.2. The molecule has 146 valence electrons. The van der Waals surface area contributed by atoms with Crippen LogP contribution in [0.5, 0.6) is 5.75 Å². The van der Waals surface area contributed by atoms with Crippen LogP contribution in [-0.4, -0.2) is 21.6 Å². The van der Waals surface area contributed by atoms with Gasteiger partial charge in [0, 0.05) is 0 Å². The highest BCUT2D eigenvalue weighted by Crippen LogP contribution is 2.47. The molecule has 0 saturated heterocycles. The Balaban J connectivity index is 1.34. The first-order valence-electron chi connectivity index (χ1n) is 10.5. The molecule has 2 fully saturated rings. The molecule has 2 aliphatic carbocycles. The van der Waals surface area contributed by atoms with Crippen LogP contribution < -0.4 is 4.74 Å². The number of pyridine rings is 1. The normalized spacial score (nSPS) is 23.6. The van der Waals surface area contributed by atoms with Crippen molar-refractivity contribution in [1.29, 1.82) is 0 Å². The van der Waals surface area contributed by atoms with Crippen molar-refractivity contribution in [3.05, 3.63) is 65.7 Å². The summed E-state index contributed by atoms with van der Waals surface area (Å²) in [6, 6.07) is 12.8. The number of aliphatic hydroxyl groups is 1. The molecular weight excluding hydrogens is 348 g/mol. The van der Waals surface area contributed by atoms with Crippen molar-refractivity contribution >= 4 is 5.52 Å². The van der Waals surface area contributed by atoms with Gasteiger partial charge < -0.3 is 14.2 Å². The Morgan fingerprint density at radius 1 is 0.964 bits per heavy atom. The number of nitrogens with zero attached hydrogens (tertiary/aromatic N) is 2. The highest BCUT2D eigenvalue weighted by Gasteiger charge is 2.34. The molecular formula is C24H28N2O2. The highest BCUT2D eigenvalue weighted by atomic mass is 16.5. The lowest BCUT2D eigenvalue weighted by Crippen LogP contribution is -2.22. The van der Waals surface area contributed by atoms with Crippen LogP contribution in [0.2, 0.25) is 0 Å². The van der Waals surface area contributed by atoms with E-state index in [2.05, 4.69) is 45.8 Å². The minimum absolute atomic E-state index is 0.319. The second-order valence-corrected chi connectivity index (χ2v) is 8.47. The Bertz CT molecular complexity index is 950. The molecule has 4 nitrogen and oxygen atoms in total. The highest BCUT2D eigenvalue weighted by molar-refractivity contribution is 5.50. The smallest absolute Gasteiger partial charge is 0.118 e. The Kier molecular flexibility index (Phi) is 4.59. The van der Waals surface area contributed by atoms with Crippen LogP contribution in [0.3, 0.4) is 0 Å². The van der Waals surface area contributed by atoms with Crippen molar-refractivity contribution in [2.24, 2.45) is 5.92 Å². The van der Waals surface area contributed by atoms with Crippen LogP contribution in [0.4, 0.5) is 0 Å². The standard InChI is InChI=1S/C24H28N2O2/c1-28-21-11-8-17(9-12-21)16-2-6-19(7-3-16)24(27)23-22(18-4-5-18)13-10-20-14-25-15-26(20)23/h8-16,18-19,24,27H,2-7H2,1H3. The van der Waals surface area contributed by atoms with Crippen LogP contribution in [-0.2, 0) is 0 Å². The molecule has 0 spiro atoms. The van der Waals surface area contributed by atoms with Gasteiger partial charge in [0.15, 0.2) is 0 Å². The maximum Gasteiger partial charge on any atom is 0.118 e. The summed E-state index contributed by atoms with van der Waals surface area (Å²) in [5, 5.41) is 11.4. The third-order valence-corrected chi connectivity index (χ3v) is 6.76. The van der Waals surface area contributed by atoms with Crippen molar-refractivity contribution in [2.45, 2.75) is 56.5 Å². The van der Waals surface area contributed by atoms with Gasteiger partial charge in [-0.05, 0) is 85.6 Å². The number of rotatable bonds is 5. The van der Waals surface area contributed by atoms with E-state index in [9.17, 15) is 5.11 Å². The number of fused-ring (bicyclic) bond motifs is 1. The summed E-state index contributed by atoms with van der Waals surface area (Å²) < 4.78 is 7.40. The largest absolute Gasteiger partial charge is 0.497 e. The Labute approximate surface area is 166 Å². The first-order chi connectivity index (χ1) is 13.7. The molecule has 0 amide bonds. The van der Waals surface area contributed by atoms with Gasteiger partial charge in [0.1, 0.15) is 5.75 Å². The average molecular weight is 377 g/mol. The van der Waals surface area contributed by atoms with Gasteiger partial charge in [-0.15, -0.1) is 0 Å². The molecule has 0 bridgehead atoms. The lowest BCUT2D eigenvalue weighted by Gasteiger charge is -2.33. The van der Waals surface area contributed by atoms with Crippen LogP contribution >= 0.6 is 0 Å². The number of imidazole rings is 1. The van der Waals surface area contributed by atoms with E-state index in [0.717, 1.165) is 42.6 Å². The predicted octanol–water partition coefficient (Wildman–Crippen LogP) is 5.23. The quantitative estimate of drug-likeness (QED) is 0.663. The van der Waals surface area contributed by atoms with Crippen molar-refractivity contribution in [3.8, 4) is 5.75 Å². The Morgan fingerprint density at radius 2 is 1.68 bits per heavy atom. The first kappa shape index (κ1) is 17.7. The van der Waals surface area contributed by atoms with Gasteiger partial charge in [0.2, 0.25) is 0 Å². The molecule has 0 aliphatic heterocycles. The van der Waals surface area contributed by atoms with Gasteiger partial charge in [0.25, 0.3) is 0 Å². The number of benzene rings is 1. The summed E-state index contributed by atoms with van der Waals surface area (Å²) in [4.78, 5) is 4.32. The second kappa shape index (κ2) is 7.25. The van der Waals surface area contributed by atoms with Gasteiger partial charge >= 0.3 is 0 Å². The zero-order chi connectivity index (χ0) is 19.1. The van der Waals surface area contributed by atoms with Gasteiger partial charge in [-0.3, -0.25) is 0 Å². The maximum absolute atomic E-state index is 11.4. The molecule has 3 aromatic rings. The molecule has 1 atom stereocenters. The minimum atomic E-state index is -0.412. The van der Waals surface area contributed by atoms with E-state index in [4.69, 9.17) is 4.74 Å². The Morgan fingerprint density at radius 3 is 2.36 bits per heavy atom. The molecule has 0 radical (unpaired) electrons. The zero-order valence-electron chi connectivity index (χ0n) is 16.4. The summed E-state index contributed by atoms with van der Waals surface area (Å²) in [6.45, 7) is 0. The van der Waals surface area contributed by atoms with E-state index in [-0.39, 0.29) is 0 Å². The molecule has 2 heterocycles. The fourth-order valence-electron chi connectivity index (χ4n) is 4.95. The summed E-state index contributed by atoms with van der Waals surface area (Å²) in [7, 11) is 1.71. The number of aromatic nitrogens is 2. The lowest BCUT2D eigenvalue weighted by molar-refractivity contribution is 0.0754. The molecule has 2 aromatic heterocycles. The molecule has 2 aliphatic rings. The fourth-order valence-corrected chi connectivity index (χ4v) is 4.95. The number of aliphatic hydroxyl groups excluding tert-OH is 1. The van der Waals surface area contributed by atoms with Gasteiger partial charge in [-0.25, -0.2) is 4.98 Å². The molecule has 1 aromatic carbocycles. The van der Waals surface area contributed by atoms with E-state index < -0.39 is 6.10 Å². The third-order valence-electron chi connectivity index (χ3n) is 6.76. The minimum Gasteiger partial charge on any atom is -0.497 e. The van der Waals surface area contributed by atoms with Crippen molar-refractivity contribution in [2.75, 3.05) is 7.11 Å². The fraction of sp³-hybridized carbons (Fsp3) is 0.458. The molecule has 1 unspecified atom stereocenters. The topological polar surface area (TPSA) is 46.8 Å². The predicted molar refractivity (Wildman–Crippen MR) is 110 cm³/mol. The average Bonchev–Trinajstić information content (AvgIpc) is 3.49. The summed E-state index contributed by atoms with van der Waals surface area (Å²) in [5.41, 5.74) is 4.88. The van der Waals surface area contributed by atoms with Crippen LogP contribution in [0, 0.1) is 5.92 Å². The maximum atomic E-state index is 11.4. The molecule has 1 N–H and O–H groups in total. The van der Waals surface area contributed by atoms with Crippen molar-refractivity contribution in [3.63, 3.8) is 0 Å². The number of methoxy groups -OCH3 is 1. The SMILES string of the molecule is COc1ccc(C2CCC(C(O)c3c(C4CC4)ccc4cncn34)CC2)cc1. The number of ether oxygens (including phenoxy) is 1. The molecule has 5 rings (SSSR count). The van der Waals surface area contributed by atoms with Gasteiger partial charge in [0.05, 0.1) is 36.9 Å². The van der Waals surface area contributed by atoms with Gasteiger partial charge in [-0.2, -0.15) is 0 Å². The summed E-state index contributed by atoms with van der Waals surface area (Å²) >= 11 is 0. The number of hydrogen-bond acceptors (Lipinski definition) is 3. The monoisotopic (exact) mass is 376 g/mol. The van der Waals surface area contributed by atoms with E-state index in [1.807, 2.05) is 12.5 Å². The first-order valence-corrected chi connectivity index (χ1v) is 10.5. The Hall–Kier alpha value is -2.33. The van der Waals surface area contributed by atoms with E-state index in [1.165, 1.54) is 24.0 Å². The lowest BCUT2D eigenvalue weighted by atomic mass is 9.75. The van der Waals surface area contributed by atoms with Crippen LogP contribution in [0.25, 0.3) is 5.52 Å². The summed E-state index contributed by atoms with van der Waals surface area (Å²) in [5.74, 6) is 2.43. The van der Waals surface area contributed by atoms with Gasteiger partial charge in [-0.1, -0.05) is 18.2 Å². The van der Waals surface area contributed by atoms with E-state index in [0.29, 0.717) is 17.8 Å². The van der Waals surface area contributed by atoms with E-state index in [1.54, 1.807) is 7.11 Å². The second-order valence-electron chi connectivity index (χ2n) is 8.47. The number of hydrogen-bond donors (Lipinski definition) is 1. The van der Waals surface area contributed by atoms with E-state index >= 15 is 0 Å². The molecule has 28 heavy (non-hydrogen) atoms. The van der Waals surface area contributed by atoms with Crippen molar-refractivity contribution in [1.82, 2.24) is 9.38 Å². The van der Waals surface area contributed by atoms with Crippen LogP contribution in [0.15, 0.2) is 48.9 Å². The molecule has 2 saturated carbocycles. The van der Waals surface area contributed by atoms with Crippen LogP contribution in [0.1, 0.15) is 73.3 Å². The zero-order valence-corrected chi connectivity index (χ0v) is 16.4.